The Balaban J connectivity index is 2.23. The van der Waals surface area contributed by atoms with E-state index < -0.39 is 0 Å². The summed E-state index contributed by atoms with van der Waals surface area (Å²) < 4.78 is 0.960. The Bertz CT molecular complexity index is 499. The summed E-state index contributed by atoms with van der Waals surface area (Å²) in [7, 11) is 0. The van der Waals surface area contributed by atoms with Gasteiger partial charge < -0.3 is 5.73 Å². The molecular formula is C11H10BrN3S. The lowest BCUT2D eigenvalue weighted by Gasteiger charge is -2.04. The van der Waals surface area contributed by atoms with Crippen molar-refractivity contribution < 1.29 is 0 Å². The van der Waals surface area contributed by atoms with Gasteiger partial charge in [0.15, 0.2) is 0 Å². The van der Waals surface area contributed by atoms with E-state index in [0.717, 1.165) is 20.1 Å². The zero-order chi connectivity index (χ0) is 11.5. The van der Waals surface area contributed by atoms with Crippen LogP contribution in [0, 0.1) is 6.92 Å². The number of pyridine rings is 2. The van der Waals surface area contributed by atoms with Gasteiger partial charge in [-0.3, -0.25) is 0 Å². The summed E-state index contributed by atoms with van der Waals surface area (Å²) in [5.74, 6) is 0. The highest BCUT2D eigenvalue weighted by Gasteiger charge is 2.04. The van der Waals surface area contributed by atoms with Crippen LogP contribution in [0.2, 0.25) is 0 Å². The molecule has 0 amide bonds. The number of rotatable bonds is 2. The van der Waals surface area contributed by atoms with Crippen LogP contribution in [0.1, 0.15) is 5.56 Å². The largest absolute Gasteiger partial charge is 0.397 e. The van der Waals surface area contributed by atoms with Crippen molar-refractivity contribution in [3.8, 4) is 0 Å². The van der Waals surface area contributed by atoms with Gasteiger partial charge in [-0.1, -0.05) is 0 Å². The topological polar surface area (TPSA) is 51.8 Å². The molecule has 2 aromatic heterocycles. The van der Waals surface area contributed by atoms with Gasteiger partial charge in [0, 0.05) is 16.9 Å². The summed E-state index contributed by atoms with van der Waals surface area (Å²) in [6.07, 6.45) is 3.56. The van der Waals surface area contributed by atoms with Crippen molar-refractivity contribution in [2.24, 2.45) is 0 Å². The van der Waals surface area contributed by atoms with Crippen LogP contribution in [0.25, 0.3) is 0 Å². The lowest BCUT2D eigenvalue weighted by molar-refractivity contribution is 1.08. The average Bonchev–Trinajstić information content (AvgIpc) is 2.25. The number of nitrogen functional groups attached to an aromatic ring is 1. The van der Waals surface area contributed by atoms with Gasteiger partial charge in [0.1, 0.15) is 10.1 Å². The molecule has 0 aliphatic rings. The van der Waals surface area contributed by atoms with Crippen molar-refractivity contribution in [1.82, 2.24) is 9.97 Å². The number of nitrogens with zero attached hydrogens (tertiary/aromatic N) is 2. The van der Waals surface area contributed by atoms with Gasteiger partial charge >= 0.3 is 0 Å². The maximum atomic E-state index is 5.88. The fraction of sp³-hybridized carbons (Fsp3) is 0.0909. The van der Waals surface area contributed by atoms with E-state index in [-0.39, 0.29) is 0 Å². The maximum Gasteiger partial charge on any atom is 0.125 e. The maximum absolute atomic E-state index is 5.88. The molecule has 0 atom stereocenters. The van der Waals surface area contributed by atoms with Gasteiger partial charge in [-0.2, -0.15) is 0 Å². The van der Waals surface area contributed by atoms with E-state index in [1.165, 1.54) is 11.8 Å². The molecule has 3 nitrogen and oxygen atoms in total. The van der Waals surface area contributed by atoms with E-state index in [9.17, 15) is 0 Å². The molecule has 0 aromatic carbocycles. The molecule has 2 rings (SSSR count). The Morgan fingerprint density at radius 3 is 2.69 bits per heavy atom. The molecule has 16 heavy (non-hydrogen) atoms. The van der Waals surface area contributed by atoms with Gasteiger partial charge in [-0.05, 0) is 58.4 Å². The number of aryl methyl sites for hydroxylation is 1. The Morgan fingerprint density at radius 1 is 1.25 bits per heavy atom. The first-order chi connectivity index (χ1) is 7.65. The number of halogens is 1. The summed E-state index contributed by atoms with van der Waals surface area (Å²) in [6.45, 7) is 1.97. The highest BCUT2D eigenvalue weighted by molar-refractivity contribution is 9.10. The molecule has 0 fully saturated rings. The standard InChI is InChI=1S/C11H10BrN3S/c1-7-4-9(13)11(15-5-7)16-10-3-2-8(12)6-14-10/h2-6H,13H2,1H3. The summed E-state index contributed by atoms with van der Waals surface area (Å²) in [4.78, 5) is 8.54. The predicted octanol–water partition coefficient (Wildman–Crippen LogP) is 3.28. The predicted molar refractivity (Wildman–Crippen MR) is 69.4 cm³/mol. The van der Waals surface area contributed by atoms with E-state index in [0.29, 0.717) is 5.69 Å². The number of nitrogens with two attached hydrogens (primary N) is 1. The molecular weight excluding hydrogens is 286 g/mol. The Morgan fingerprint density at radius 2 is 2.06 bits per heavy atom. The van der Waals surface area contributed by atoms with Crippen molar-refractivity contribution in [3.05, 3.63) is 40.6 Å². The van der Waals surface area contributed by atoms with Crippen LogP contribution in [0.4, 0.5) is 5.69 Å². The van der Waals surface area contributed by atoms with Gasteiger partial charge in [0.25, 0.3) is 0 Å². The fourth-order valence-electron chi connectivity index (χ4n) is 1.19. The third-order valence-electron chi connectivity index (χ3n) is 1.92. The normalized spacial score (nSPS) is 10.4. The third-order valence-corrected chi connectivity index (χ3v) is 3.37. The Hall–Kier alpha value is -1.07. The number of hydrogen-bond acceptors (Lipinski definition) is 4. The quantitative estimate of drug-likeness (QED) is 0.924. The number of anilines is 1. The average molecular weight is 296 g/mol. The lowest BCUT2D eigenvalue weighted by Crippen LogP contribution is -1.93. The molecule has 0 bridgehead atoms. The number of hydrogen-bond donors (Lipinski definition) is 1. The van der Waals surface area contributed by atoms with Crippen molar-refractivity contribution in [3.63, 3.8) is 0 Å². The van der Waals surface area contributed by atoms with Crippen LogP contribution >= 0.6 is 27.7 Å². The second-order valence-electron chi connectivity index (χ2n) is 3.32. The molecule has 82 valence electrons. The Kier molecular flexibility index (Phi) is 3.46. The van der Waals surface area contributed by atoms with E-state index >= 15 is 0 Å². The molecule has 0 spiro atoms. The summed E-state index contributed by atoms with van der Waals surface area (Å²) in [5.41, 5.74) is 7.63. The summed E-state index contributed by atoms with van der Waals surface area (Å²) in [6, 6.07) is 5.78. The van der Waals surface area contributed by atoms with Crippen molar-refractivity contribution in [2.75, 3.05) is 5.73 Å². The van der Waals surface area contributed by atoms with E-state index in [1.54, 1.807) is 12.4 Å². The first kappa shape index (κ1) is 11.4. The highest BCUT2D eigenvalue weighted by Crippen LogP contribution is 2.29. The van der Waals surface area contributed by atoms with Gasteiger partial charge in [-0.25, -0.2) is 9.97 Å². The smallest absolute Gasteiger partial charge is 0.125 e. The zero-order valence-corrected chi connectivity index (χ0v) is 11.0. The fourth-order valence-corrected chi connectivity index (χ4v) is 2.14. The van der Waals surface area contributed by atoms with E-state index in [2.05, 4.69) is 25.9 Å². The second-order valence-corrected chi connectivity index (χ2v) is 5.25. The molecule has 5 heteroatoms. The zero-order valence-electron chi connectivity index (χ0n) is 8.64. The molecule has 0 radical (unpaired) electrons. The van der Waals surface area contributed by atoms with E-state index in [4.69, 9.17) is 5.73 Å². The summed E-state index contributed by atoms with van der Waals surface area (Å²) in [5, 5.41) is 1.67. The van der Waals surface area contributed by atoms with Crippen LogP contribution in [-0.2, 0) is 0 Å². The van der Waals surface area contributed by atoms with Crippen molar-refractivity contribution in [2.45, 2.75) is 17.0 Å². The molecule has 2 aromatic rings. The minimum absolute atomic E-state index is 0.690. The van der Waals surface area contributed by atoms with Gasteiger partial charge in [0.05, 0.1) is 5.69 Å². The van der Waals surface area contributed by atoms with Crippen molar-refractivity contribution in [1.29, 1.82) is 0 Å². The van der Waals surface area contributed by atoms with Crippen LogP contribution in [0.5, 0.6) is 0 Å². The van der Waals surface area contributed by atoms with Crippen LogP contribution in [0.3, 0.4) is 0 Å². The lowest BCUT2D eigenvalue weighted by atomic mass is 10.3. The monoisotopic (exact) mass is 295 g/mol. The molecule has 0 aliphatic heterocycles. The second kappa shape index (κ2) is 4.84. The third kappa shape index (κ3) is 2.74. The first-order valence-corrected chi connectivity index (χ1v) is 6.27. The molecule has 0 saturated heterocycles. The minimum Gasteiger partial charge on any atom is -0.397 e. The molecule has 0 saturated carbocycles. The molecule has 0 aliphatic carbocycles. The van der Waals surface area contributed by atoms with Crippen LogP contribution < -0.4 is 5.73 Å². The summed E-state index contributed by atoms with van der Waals surface area (Å²) >= 11 is 4.81. The van der Waals surface area contributed by atoms with Crippen LogP contribution in [-0.4, -0.2) is 9.97 Å². The van der Waals surface area contributed by atoms with Gasteiger partial charge in [-0.15, -0.1) is 0 Å². The van der Waals surface area contributed by atoms with Crippen LogP contribution in [0.15, 0.2) is 45.1 Å². The molecule has 2 N–H and O–H groups in total. The molecule has 0 unspecified atom stereocenters. The highest BCUT2D eigenvalue weighted by atomic mass is 79.9. The SMILES string of the molecule is Cc1cnc(Sc2ccc(Br)cn2)c(N)c1. The first-order valence-electron chi connectivity index (χ1n) is 4.66. The van der Waals surface area contributed by atoms with Crippen molar-refractivity contribution >= 4 is 33.4 Å². The van der Waals surface area contributed by atoms with Gasteiger partial charge in [0.2, 0.25) is 0 Å². The van der Waals surface area contributed by atoms with E-state index in [1.807, 2.05) is 25.1 Å². The number of aromatic nitrogens is 2. The molecule has 2 heterocycles. The minimum atomic E-state index is 0.690. The Labute approximate surface area is 107 Å².